The first-order chi connectivity index (χ1) is 12.0. The zero-order valence-corrected chi connectivity index (χ0v) is 14.0. The van der Waals surface area contributed by atoms with Gasteiger partial charge in [-0.15, -0.1) is 0 Å². The normalized spacial score (nSPS) is 10.6. The second-order valence-electron chi connectivity index (χ2n) is 5.66. The number of para-hydroxylation sites is 1. The first-order valence-corrected chi connectivity index (χ1v) is 7.99. The molecule has 25 heavy (non-hydrogen) atoms. The molecule has 0 spiro atoms. The number of hydrogen-bond acceptors (Lipinski definition) is 4. The number of nitrogens with zero attached hydrogens (tertiary/aromatic N) is 1. The number of fused-ring (bicyclic) bond motifs is 1. The highest BCUT2D eigenvalue weighted by Gasteiger charge is 2.23. The number of carbonyl (C=O) groups excluding carboxylic acids is 1. The molecule has 0 bridgehead atoms. The quantitative estimate of drug-likeness (QED) is 0.683. The molecule has 6 heteroatoms. The summed E-state index contributed by atoms with van der Waals surface area (Å²) in [7, 11) is 1.57. The Morgan fingerprint density at radius 3 is 2.52 bits per heavy atom. The highest BCUT2D eigenvalue weighted by molar-refractivity contribution is 6.10. The molecule has 0 atom stereocenters. The van der Waals surface area contributed by atoms with Crippen molar-refractivity contribution in [2.24, 2.45) is 0 Å². The highest BCUT2D eigenvalue weighted by Crippen LogP contribution is 2.26. The van der Waals surface area contributed by atoms with Crippen molar-refractivity contribution < 1.29 is 9.90 Å². The minimum atomic E-state index is -0.614. The Morgan fingerprint density at radius 2 is 1.84 bits per heavy atom. The van der Waals surface area contributed by atoms with Crippen molar-refractivity contribution in [2.75, 3.05) is 23.8 Å². The molecule has 0 aliphatic carbocycles. The van der Waals surface area contributed by atoms with Crippen LogP contribution in [-0.4, -0.2) is 29.6 Å². The van der Waals surface area contributed by atoms with Gasteiger partial charge in [-0.2, -0.15) is 0 Å². The summed E-state index contributed by atoms with van der Waals surface area (Å²) in [4.78, 5) is 29.1. The average molecular weight is 337 g/mol. The van der Waals surface area contributed by atoms with Crippen LogP contribution in [-0.2, 0) is 0 Å². The van der Waals surface area contributed by atoms with E-state index in [0.29, 0.717) is 16.6 Å². The van der Waals surface area contributed by atoms with E-state index in [0.717, 1.165) is 12.2 Å². The molecule has 6 nitrogen and oxygen atoms in total. The zero-order chi connectivity index (χ0) is 18.0. The van der Waals surface area contributed by atoms with Crippen LogP contribution in [0.15, 0.2) is 53.3 Å². The molecular weight excluding hydrogens is 318 g/mol. The van der Waals surface area contributed by atoms with Crippen LogP contribution in [0.2, 0.25) is 0 Å². The third kappa shape index (κ3) is 3.06. The minimum Gasteiger partial charge on any atom is -0.506 e. The lowest BCUT2D eigenvalue weighted by Gasteiger charge is -2.18. The summed E-state index contributed by atoms with van der Waals surface area (Å²) < 4.78 is 0. The van der Waals surface area contributed by atoms with Gasteiger partial charge in [-0.25, -0.2) is 0 Å². The van der Waals surface area contributed by atoms with Gasteiger partial charge < -0.3 is 20.3 Å². The van der Waals surface area contributed by atoms with E-state index in [1.54, 1.807) is 43.4 Å². The zero-order valence-electron chi connectivity index (χ0n) is 14.0. The lowest BCUT2D eigenvalue weighted by atomic mass is 10.1. The number of carbonyl (C=O) groups is 1. The number of amides is 1. The summed E-state index contributed by atoms with van der Waals surface area (Å²) in [6.07, 6.45) is 0. The Kier molecular flexibility index (Phi) is 4.43. The number of aromatic hydroxyl groups is 1. The van der Waals surface area contributed by atoms with Crippen molar-refractivity contribution in [2.45, 2.75) is 6.92 Å². The molecule has 2 aromatic carbocycles. The van der Waals surface area contributed by atoms with Gasteiger partial charge in [-0.05, 0) is 43.3 Å². The molecular formula is C19H19N3O3. The predicted molar refractivity (Wildman–Crippen MR) is 99.6 cm³/mol. The van der Waals surface area contributed by atoms with Gasteiger partial charge in [0.05, 0.1) is 5.52 Å². The molecule has 0 unspecified atom stereocenters. The van der Waals surface area contributed by atoms with Crippen LogP contribution in [0, 0.1) is 0 Å². The van der Waals surface area contributed by atoms with Crippen molar-refractivity contribution in [3.05, 3.63) is 64.4 Å². The fourth-order valence-corrected chi connectivity index (χ4v) is 2.72. The highest BCUT2D eigenvalue weighted by atomic mass is 16.3. The van der Waals surface area contributed by atoms with Crippen LogP contribution in [0.5, 0.6) is 5.75 Å². The van der Waals surface area contributed by atoms with E-state index in [4.69, 9.17) is 0 Å². The van der Waals surface area contributed by atoms with Crippen molar-refractivity contribution >= 4 is 28.2 Å². The molecule has 0 fully saturated rings. The van der Waals surface area contributed by atoms with Crippen molar-refractivity contribution in [1.29, 1.82) is 0 Å². The largest absolute Gasteiger partial charge is 0.506 e. The van der Waals surface area contributed by atoms with Crippen LogP contribution >= 0.6 is 0 Å². The maximum atomic E-state index is 12.8. The summed E-state index contributed by atoms with van der Waals surface area (Å²) in [5.41, 5.74) is 1.17. The molecule has 0 aliphatic heterocycles. The topological polar surface area (TPSA) is 85.4 Å². The summed E-state index contributed by atoms with van der Waals surface area (Å²) in [5.74, 6) is -0.874. The fourth-order valence-electron chi connectivity index (χ4n) is 2.72. The third-order valence-electron chi connectivity index (χ3n) is 4.05. The second kappa shape index (κ2) is 6.68. The lowest BCUT2D eigenvalue weighted by molar-refractivity contribution is 0.0989. The average Bonchev–Trinajstić information content (AvgIpc) is 2.62. The van der Waals surface area contributed by atoms with Crippen LogP contribution < -0.4 is 15.8 Å². The predicted octanol–water partition coefficient (Wildman–Crippen LogP) is 2.94. The van der Waals surface area contributed by atoms with Crippen molar-refractivity contribution in [3.63, 3.8) is 0 Å². The maximum absolute atomic E-state index is 12.8. The van der Waals surface area contributed by atoms with Crippen LogP contribution in [0.4, 0.5) is 11.4 Å². The molecule has 0 saturated carbocycles. The van der Waals surface area contributed by atoms with Gasteiger partial charge in [0.25, 0.3) is 11.5 Å². The van der Waals surface area contributed by atoms with Gasteiger partial charge in [0.15, 0.2) is 0 Å². The summed E-state index contributed by atoms with van der Waals surface area (Å²) in [5, 5.41) is 14.0. The number of aromatic nitrogens is 1. The van der Waals surface area contributed by atoms with E-state index in [2.05, 4.69) is 10.3 Å². The smallest absolute Gasteiger partial charge is 0.267 e. The van der Waals surface area contributed by atoms with Crippen LogP contribution in [0.25, 0.3) is 10.9 Å². The van der Waals surface area contributed by atoms with E-state index in [1.807, 2.05) is 19.1 Å². The number of anilines is 2. The Bertz CT molecular complexity index is 977. The number of pyridine rings is 1. The van der Waals surface area contributed by atoms with Crippen molar-refractivity contribution in [3.8, 4) is 5.75 Å². The molecule has 0 radical (unpaired) electrons. The molecule has 3 rings (SSSR count). The van der Waals surface area contributed by atoms with E-state index in [9.17, 15) is 14.7 Å². The van der Waals surface area contributed by atoms with Gasteiger partial charge >= 0.3 is 0 Å². The Hall–Kier alpha value is -3.28. The Labute approximate surface area is 144 Å². The monoisotopic (exact) mass is 337 g/mol. The number of H-pyrrole nitrogens is 1. The second-order valence-corrected chi connectivity index (χ2v) is 5.66. The number of aromatic amines is 1. The van der Waals surface area contributed by atoms with Gasteiger partial charge in [-0.1, -0.05) is 12.1 Å². The molecule has 128 valence electrons. The van der Waals surface area contributed by atoms with Crippen molar-refractivity contribution in [1.82, 2.24) is 4.98 Å². The van der Waals surface area contributed by atoms with Crippen LogP contribution in [0.1, 0.15) is 17.3 Å². The van der Waals surface area contributed by atoms with Gasteiger partial charge in [0.1, 0.15) is 11.3 Å². The molecule has 3 N–H and O–H groups in total. The molecule has 1 aromatic heterocycles. The number of benzene rings is 2. The van der Waals surface area contributed by atoms with Crippen LogP contribution in [0.3, 0.4) is 0 Å². The number of hydrogen-bond donors (Lipinski definition) is 3. The maximum Gasteiger partial charge on any atom is 0.267 e. The van der Waals surface area contributed by atoms with E-state index in [1.165, 1.54) is 4.90 Å². The Balaban J connectivity index is 2.00. The first kappa shape index (κ1) is 16.6. The summed E-state index contributed by atoms with van der Waals surface area (Å²) >= 11 is 0. The van der Waals surface area contributed by atoms with Gasteiger partial charge in [-0.3, -0.25) is 9.59 Å². The van der Waals surface area contributed by atoms with Gasteiger partial charge in [0.2, 0.25) is 0 Å². The third-order valence-corrected chi connectivity index (χ3v) is 4.05. The van der Waals surface area contributed by atoms with E-state index < -0.39 is 11.5 Å². The number of nitrogens with one attached hydrogen (secondary N) is 2. The Morgan fingerprint density at radius 1 is 1.16 bits per heavy atom. The molecule has 1 amide bonds. The van der Waals surface area contributed by atoms with Gasteiger partial charge in [0, 0.05) is 30.4 Å². The minimum absolute atomic E-state index is 0.267. The lowest BCUT2D eigenvalue weighted by Crippen LogP contribution is -2.31. The van der Waals surface area contributed by atoms with E-state index in [-0.39, 0.29) is 11.3 Å². The molecule has 3 aromatic rings. The fraction of sp³-hybridized carbons (Fsp3) is 0.158. The molecule has 0 saturated heterocycles. The first-order valence-electron chi connectivity index (χ1n) is 7.99. The standard InChI is InChI=1S/C19H19N3O3/c1-3-20-12-8-10-13(11-9-12)22(2)19(25)16-17(23)14-6-4-5-7-15(14)21-18(16)24/h4-11,20H,3H2,1-2H3,(H2,21,23,24). The summed E-state index contributed by atoms with van der Waals surface area (Å²) in [6.45, 7) is 2.80. The number of rotatable bonds is 4. The van der Waals surface area contributed by atoms with E-state index >= 15 is 0 Å². The SMILES string of the molecule is CCNc1ccc(N(C)C(=O)c2c(O)c3ccccc3[nH]c2=O)cc1. The molecule has 0 aliphatic rings. The summed E-state index contributed by atoms with van der Waals surface area (Å²) in [6, 6.07) is 14.1. The molecule has 1 heterocycles.